The summed E-state index contributed by atoms with van der Waals surface area (Å²) in [5, 5.41) is 1.78. The van der Waals surface area contributed by atoms with Crippen LogP contribution in [0.15, 0.2) is 42.5 Å². The summed E-state index contributed by atoms with van der Waals surface area (Å²) in [6.45, 7) is 10.2. The van der Waals surface area contributed by atoms with Gasteiger partial charge < -0.3 is 37.2 Å². The zero-order valence-corrected chi connectivity index (χ0v) is 29.2. The van der Waals surface area contributed by atoms with Gasteiger partial charge >= 0.3 is 217 Å². The quantitative estimate of drug-likeness (QED) is 0.232. The second-order valence-corrected chi connectivity index (χ2v) is 18.5. The van der Waals surface area contributed by atoms with Gasteiger partial charge in [-0.05, 0) is 0 Å². The van der Waals surface area contributed by atoms with Crippen molar-refractivity contribution in [1.29, 1.82) is 0 Å². The summed E-state index contributed by atoms with van der Waals surface area (Å²) in [5.41, 5.74) is 4.18. The zero-order chi connectivity index (χ0) is 24.8. The molecule has 3 aliphatic carbocycles. The van der Waals surface area contributed by atoms with Gasteiger partial charge in [0.15, 0.2) is 0 Å². The smallest absolute Gasteiger partial charge is 1.00 e. The van der Waals surface area contributed by atoms with Crippen LogP contribution in [0.25, 0.3) is 0 Å². The number of unbranched alkanes of at least 4 members (excludes halogenated alkanes) is 6. The number of hydrogen-bond acceptors (Lipinski definition) is 0. The van der Waals surface area contributed by atoms with Gasteiger partial charge in [0.25, 0.3) is 0 Å². The Kier molecular flexibility index (Phi) is 16.8. The average Bonchev–Trinajstić information content (AvgIpc) is 3.21. The van der Waals surface area contributed by atoms with Crippen LogP contribution in [0.3, 0.4) is 0 Å². The molecule has 6 unspecified atom stereocenters. The number of rotatable bonds is 12. The third-order valence-electron chi connectivity index (χ3n) is 9.83. The molecular formula is C33H51Cl3SiTi. The van der Waals surface area contributed by atoms with Crippen molar-refractivity contribution in [2.75, 3.05) is 0 Å². The summed E-state index contributed by atoms with van der Waals surface area (Å²) in [7, 11) is -1.66. The first-order valence-electron chi connectivity index (χ1n) is 15.2. The Hall–Kier alpha value is 0.501. The number of fused-ring (bicyclic) bond motifs is 3. The summed E-state index contributed by atoms with van der Waals surface area (Å²) in [4.78, 5) is 0. The van der Waals surface area contributed by atoms with Crippen molar-refractivity contribution in [1.82, 2.24) is 0 Å². The minimum Gasteiger partial charge on any atom is -1.00 e. The van der Waals surface area contributed by atoms with Crippen molar-refractivity contribution in [2.45, 2.75) is 120 Å². The Morgan fingerprint density at radius 3 is 1.84 bits per heavy atom. The molecule has 0 bridgehead atoms. The summed E-state index contributed by atoms with van der Waals surface area (Å²) in [5.74, 6) is 3.43. The van der Waals surface area contributed by atoms with E-state index in [9.17, 15) is 0 Å². The molecule has 38 heavy (non-hydrogen) atoms. The van der Waals surface area contributed by atoms with Crippen molar-refractivity contribution >= 4 is 13.3 Å². The maximum atomic E-state index is 2.75. The van der Waals surface area contributed by atoms with Crippen molar-refractivity contribution in [3.05, 3.63) is 53.6 Å². The summed E-state index contributed by atoms with van der Waals surface area (Å²) in [6.07, 6.45) is 27.8. The maximum absolute atomic E-state index is 2.75. The first kappa shape index (κ1) is 36.5. The van der Waals surface area contributed by atoms with Gasteiger partial charge in [-0.2, -0.15) is 0 Å². The van der Waals surface area contributed by atoms with E-state index in [0.29, 0.717) is 0 Å². The minimum atomic E-state index is -1.66. The molecule has 212 valence electrons. The number of halogens is 3. The van der Waals surface area contributed by atoms with Crippen LogP contribution in [0.2, 0.25) is 22.9 Å². The minimum absolute atomic E-state index is 0. The van der Waals surface area contributed by atoms with E-state index in [1.807, 2.05) is 0 Å². The van der Waals surface area contributed by atoms with Crippen molar-refractivity contribution in [3.8, 4) is 0 Å². The van der Waals surface area contributed by atoms with Crippen LogP contribution in [-0.4, -0.2) is 8.07 Å². The molecule has 2 fully saturated rings. The van der Waals surface area contributed by atoms with E-state index in [1.165, 1.54) is 83.5 Å². The van der Waals surface area contributed by atoms with E-state index in [0.717, 1.165) is 33.4 Å². The molecule has 4 rings (SSSR count). The van der Waals surface area contributed by atoms with Crippen LogP contribution in [-0.2, 0) is 33.3 Å². The van der Waals surface area contributed by atoms with Gasteiger partial charge in [-0.25, -0.2) is 0 Å². The molecule has 6 atom stereocenters. The van der Waals surface area contributed by atoms with Crippen LogP contribution in [0.4, 0.5) is 0 Å². The van der Waals surface area contributed by atoms with Gasteiger partial charge in [0.05, 0.1) is 0 Å². The van der Waals surface area contributed by atoms with Gasteiger partial charge in [0.2, 0.25) is 0 Å². The van der Waals surface area contributed by atoms with Gasteiger partial charge in [0.1, 0.15) is 0 Å². The SMILES string of the molecule is CCCCCCc1cc(CCCCCC)cc([Si](C)(C)C2C3C=CC=CC3C3CCC[CH]([Ti+3])C32)c1.[Cl-].[Cl-].[Cl-]. The Balaban J connectivity index is 0.00000241. The van der Waals surface area contributed by atoms with E-state index in [1.54, 1.807) is 16.3 Å². The largest absolute Gasteiger partial charge is 1.00 e. The molecule has 2 saturated carbocycles. The van der Waals surface area contributed by atoms with E-state index in [-0.39, 0.29) is 37.2 Å². The molecule has 3 aliphatic rings. The predicted octanol–water partition coefficient (Wildman–Crippen LogP) is 0.353. The fraction of sp³-hybridized carbons (Fsp3) is 0.697. The summed E-state index contributed by atoms with van der Waals surface area (Å²) >= 11 is 2.60. The van der Waals surface area contributed by atoms with Crippen LogP contribution >= 0.6 is 0 Å². The van der Waals surface area contributed by atoms with Crippen LogP contribution in [0, 0.1) is 23.7 Å². The maximum Gasteiger partial charge on any atom is -1.00 e. The van der Waals surface area contributed by atoms with Crippen LogP contribution in [0.1, 0.15) is 95.6 Å². The fourth-order valence-electron chi connectivity index (χ4n) is 8.00. The van der Waals surface area contributed by atoms with E-state index >= 15 is 0 Å². The van der Waals surface area contributed by atoms with Gasteiger partial charge in [-0.3, -0.25) is 0 Å². The molecule has 0 nitrogen and oxygen atoms in total. The molecule has 5 heteroatoms. The normalized spacial score (nSPS) is 27.5. The first-order chi connectivity index (χ1) is 17.0. The molecule has 0 spiro atoms. The Labute approximate surface area is 266 Å². The molecule has 1 aromatic rings. The Morgan fingerprint density at radius 1 is 0.737 bits per heavy atom. The van der Waals surface area contributed by atoms with Crippen LogP contribution in [0.5, 0.6) is 0 Å². The molecule has 0 radical (unpaired) electrons. The summed E-state index contributed by atoms with van der Waals surface area (Å²) in [6, 6.07) is 8.00. The second kappa shape index (κ2) is 17.5. The van der Waals surface area contributed by atoms with E-state index in [2.05, 4.69) is 89.9 Å². The Bertz CT molecular complexity index is 853. The Morgan fingerprint density at radius 2 is 1.29 bits per heavy atom. The topological polar surface area (TPSA) is 0 Å². The molecule has 0 aromatic heterocycles. The van der Waals surface area contributed by atoms with E-state index < -0.39 is 8.07 Å². The molecule has 0 amide bonds. The molecule has 0 N–H and O–H groups in total. The van der Waals surface area contributed by atoms with Crippen molar-refractivity contribution < 1.29 is 57.7 Å². The van der Waals surface area contributed by atoms with Crippen molar-refractivity contribution in [3.63, 3.8) is 0 Å². The molecule has 0 aliphatic heterocycles. The molecule has 0 saturated heterocycles. The van der Waals surface area contributed by atoms with Crippen molar-refractivity contribution in [2.24, 2.45) is 23.7 Å². The van der Waals surface area contributed by atoms with Crippen LogP contribution < -0.4 is 42.4 Å². The third kappa shape index (κ3) is 8.52. The second-order valence-electron chi connectivity index (χ2n) is 12.6. The van der Waals surface area contributed by atoms with Gasteiger partial charge in [-0.1, -0.05) is 13.8 Å². The standard InChI is InChI=1S/C33H51Si.3ClH.Ti/c1-5-7-9-11-17-26-23-27(18-12-10-8-6-2)25-28(24-26)34(3,4)33-31-21-15-13-19-29(31)30-20-14-16-22-32(30)33;;;;/h13,15,19,21-25,29-33H,5-12,14,16-18,20H2,1-4H3;3*1H;/q;;;;+3/p-3. The zero-order valence-electron chi connectivity index (χ0n) is 24.3. The number of benzene rings is 1. The molecule has 0 heterocycles. The average molecular weight is 630 g/mol. The molecular weight excluding hydrogens is 579 g/mol. The monoisotopic (exact) mass is 628 g/mol. The first-order valence-corrected chi connectivity index (χ1v) is 19.1. The van der Waals surface area contributed by atoms with E-state index in [4.69, 9.17) is 0 Å². The fourth-order valence-corrected chi connectivity index (χ4v) is 13.6. The number of aryl methyl sites for hydroxylation is 2. The predicted molar refractivity (Wildman–Crippen MR) is 153 cm³/mol. The third-order valence-corrected chi connectivity index (χ3v) is 15.1. The number of allylic oxidation sites excluding steroid dienone is 4. The van der Waals surface area contributed by atoms with Gasteiger partial charge in [0, 0.05) is 0 Å². The van der Waals surface area contributed by atoms with Gasteiger partial charge in [-0.15, -0.1) is 0 Å². The molecule has 1 aromatic carbocycles. The number of hydrogen-bond donors (Lipinski definition) is 0. The summed E-state index contributed by atoms with van der Waals surface area (Å²) < 4.78 is 0.892.